The summed E-state index contributed by atoms with van der Waals surface area (Å²) in [4.78, 5) is 0. The molecule has 0 aliphatic carbocycles. The van der Waals surface area contributed by atoms with Gasteiger partial charge in [0.25, 0.3) is 0 Å². The SMILES string of the molecule is Fc1cc(F)c(F)c([B-](c2c(F)c(F)cc(F)c2F)(c2c(F)c(F)cc(F)c2F)c2c(F)c(F)cc(F)c2F)c1F. The van der Waals surface area contributed by atoms with Crippen LogP contribution in [0.5, 0.6) is 0 Å². The van der Waals surface area contributed by atoms with Gasteiger partial charge in [-0.2, -0.15) is 0 Å². The normalized spacial score (nSPS) is 11.9. The van der Waals surface area contributed by atoms with Crippen molar-refractivity contribution in [2.24, 2.45) is 0 Å². The molecule has 216 valence electrons. The summed E-state index contributed by atoms with van der Waals surface area (Å²) in [6, 6.07) is -2.76. The van der Waals surface area contributed by atoms with E-state index in [2.05, 4.69) is 0 Å². The molecule has 0 radical (unpaired) electrons. The highest BCUT2D eigenvalue weighted by Crippen LogP contribution is 2.27. The molecule has 0 heterocycles. The Balaban J connectivity index is 2.63. The highest BCUT2D eigenvalue weighted by atomic mass is 19.2. The van der Waals surface area contributed by atoms with Crippen LogP contribution in [0.2, 0.25) is 0 Å². The minimum atomic E-state index is -6.49. The van der Waals surface area contributed by atoms with E-state index in [9.17, 15) is 35.1 Å². The van der Waals surface area contributed by atoms with Gasteiger partial charge in [-0.05, 0) is 0 Å². The predicted molar refractivity (Wildman–Crippen MR) is 109 cm³/mol. The molecular formula is C24H4BF16-. The van der Waals surface area contributed by atoms with Crippen LogP contribution in [0.3, 0.4) is 0 Å². The molecule has 0 bridgehead atoms. The zero-order valence-electron chi connectivity index (χ0n) is 18.9. The lowest BCUT2D eigenvalue weighted by Crippen LogP contribution is -2.81. The molecule has 0 aliphatic rings. The third-order valence-electron chi connectivity index (χ3n) is 6.32. The Bertz CT molecular complexity index is 1400. The number of hydrogen-bond donors (Lipinski definition) is 0. The third kappa shape index (κ3) is 4.11. The van der Waals surface area contributed by atoms with Gasteiger partial charge in [-0.3, -0.25) is 0 Å². The Morgan fingerprint density at radius 3 is 0.488 bits per heavy atom. The number of rotatable bonds is 4. The van der Waals surface area contributed by atoms with E-state index in [1.54, 1.807) is 0 Å². The maximum absolute atomic E-state index is 15.3. The molecule has 17 heteroatoms. The van der Waals surface area contributed by atoms with Crippen LogP contribution in [0.4, 0.5) is 70.2 Å². The third-order valence-corrected chi connectivity index (χ3v) is 6.32. The van der Waals surface area contributed by atoms with Crippen LogP contribution in [0, 0.1) is 93.1 Å². The van der Waals surface area contributed by atoms with Crippen molar-refractivity contribution in [2.75, 3.05) is 0 Å². The van der Waals surface area contributed by atoms with E-state index >= 15 is 35.1 Å². The van der Waals surface area contributed by atoms with Gasteiger partial charge in [-0.25, -0.2) is 70.2 Å². The van der Waals surface area contributed by atoms with Gasteiger partial charge in [0.2, 0.25) is 0 Å². The van der Waals surface area contributed by atoms with Crippen LogP contribution in [-0.4, -0.2) is 6.15 Å². The fourth-order valence-electron chi connectivity index (χ4n) is 4.75. The maximum atomic E-state index is 15.3. The minimum absolute atomic E-state index is 0.689. The summed E-state index contributed by atoms with van der Waals surface area (Å²) in [5, 5.41) is 0. The van der Waals surface area contributed by atoms with Crippen molar-refractivity contribution in [1.82, 2.24) is 0 Å². The van der Waals surface area contributed by atoms with Crippen LogP contribution in [0.15, 0.2) is 24.3 Å². The van der Waals surface area contributed by atoms with Gasteiger partial charge in [-0.1, -0.05) is 0 Å². The largest absolute Gasteiger partial charge is 0.207 e. The van der Waals surface area contributed by atoms with E-state index in [1.807, 2.05) is 0 Å². The number of benzene rings is 4. The van der Waals surface area contributed by atoms with E-state index < -0.39 is 145 Å². The Labute approximate surface area is 216 Å². The summed E-state index contributed by atoms with van der Waals surface area (Å²) >= 11 is 0. The van der Waals surface area contributed by atoms with Gasteiger partial charge in [0, 0.05) is 24.3 Å². The van der Waals surface area contributed by atoms with Gasteiger partial charge >= 0.3 is 0 Å². The van der Waals surface area contributed by atoms with Crippen molar-refractivity contribution in [3.05, 3.63) is 117 Å². The van der Waals surface area contributed by atoms with Gasteiger partial charge in [0.1, 0.15) is 52.7 Å². The zero-order chi connectivity index (χ0) is 30.9. The van der Waals surface area contributed by atoms with E-state index in [0.29, 0.717) is 0 Å². The number of halogens is 16. The molecule has 0 amide bonds. The van der Waals surface area contributed by atoms with Crippen LogP contribution >= 0.6 is 0 Å². The molecule has 0 atom stereocenters. The molecule has 41 heavy (non-hydrogen) atoms. The summed E-state index contributed by atoms with van der Waals surface area (Å²) < 4.78 is 238. The summed E-state index contributed by atoms with van der Waals surface area (Å²) in [6.45, 7) is 0. The van der Waals surface area contributed by atoms with Crippen molar-refractivity contribution in [3.8, 4) is 0 Å². The first-order valence-corrected chi connectivity index (χ1v) is 10.5. The second-order valence-corrected chi connectivity index (χ2v) is 8.39. The monoisotopic (exact) mass is 607 g/mol. The summed E-state index contributed by atoms with van der Waals surface area (Å²) in [5.41, 5.74) is -12.0. The molecule has 0 spiro atoms. The molecule has 0 aliphatic heterocycles. The Kier molecular flexibility index (Phi) is 7.29. The fraction of sp³-hybridized carbons (Fsp3) is 0. The molecule has 0 aromatic heterocycles. The van der Waals surface area contributed by atoms with Crippen LogP contribution < -0.4 is 21.9 Å². The Hall–Kier alpha value is -4.18. The molecule has 0 saturated carbocycles. The molecule has 0 nitrogen and oxygen atoms in total. The highest BCUT2D eigenvalue weighted by molar-refractivity contribution is 7.20. The first-order chi connectivity index (χ1) is 19.0. The number of hydrogen-bond acceptors (Lipinski definition) is 0. The maximum Gasteiger partial charge on any atom is 0.158 e. The fourth-order valence-corrected chi connectivity index (χ4v) is 4.75. The molecule has 0 fully saturated rings. The van der Waals surface area contributed by atoms with Crippen molar-refractivity contribution < 1.29 is 70.2 Å². The average Bonchev–Trinajstić information content (AvgIpc) is 2.89. The lowest BCUT2D eigenvalue weighted by atomic mass is 9.12. The van der Waals surface area contributed by atoms with E-state index in [0.717, 1.165) is 0 Å². The topological polar surface area (TPSA) is 0 Å². The Morgan fingerprint density at radius 1 is 0.244 bits per heavy atom. The first-order valence-electron chi connectivity index (χ1n) is 10.5. The minimum Gasteiger partial charge on any atom is -0.207 e. The lowest BCUT2D eigenvalue weighted by Gasteiger charge is -2.44. The molecule has 4 aromatic rings. The summed E-state index contributed by atoms with van der Waals surface area (Å²) in [5.74, 6) is -46.2. The molecule has 0 N–H and O–H groups in total. The highest BCUT2D eigenvalue weighted by Gasteiger charge is 2.50. The van der Waals surface area contributed by atoms with Crippen molar-refractivity contribution in [2.45, 2.75) is 0 Å². The van der Waals surface area contributed by atoms with Gasteiger partial charge in [0.05, 0.1) is 0 Å². The standard InChI is InChI=1S/C24H4BF16/c26-5-1-6(27)18(35)13(17(5)34)25(14-19(36)7(28)2-8(29)20(14)37,15-21(38)9(30)3-10(31)22(15)39)16-23(40)11(32)4-12(33)24(16)41/h1-4H/q-1. The van der Waals surface area contributed by atoms with Crippen LogP contribution in [0.1, 0.15) is 0 Å². The average molecular weight is 607 g/mol. The smallest absolute Gasteiger partial charge is 0.158 e. The first kappa shape index (κ1) is 29.8. The summed E-state index contributed by atoms with van der Waals surface area (Å²) in [6.07, 6.45) is -6.49. The summed E-state index contributed by atoms with van der Waals surface area (Å²) in [7, 11) is 0. The van der Waals surface area contributed by atoms with Crippen molar-refractivity contribution >= 4 is 28.0 Å². The van der Waals surface area contributed by atoms with Crippen molar-refractivity contribution in [1.29, 1.82) is 0 Å². The quantitative estimate of drug-likeness (QED) is 0.168. The van der Waals surface area contributed by atoms with E-state index in [4.69, 9.17) is 0 Å². The van der Waals surface area contributed by atoms with Gasteiger partial charge < -0.3 is 0 Å². The molecule has 0 unspecified atom stereocenters. The Morgan fingerprint density at radius 2 is 0.366 bits per heavy atom. The van der Waals surface area contributed by atoms with Gasteiger partial charge in [-0.15, -0.1) is 21.9 Å². The van der Waals surface area contributed by atoms with Crippen LogP contribution in [-0.2, 0) is 0 Å². The van der Waals surface area contributed by atoms with Crippen LogP contribution in [0.25, 0.3) is 0 Å². The van der Waals surface area contributed by atoms with E-state index in [1.165, 1.54) is 0 Å². The molecule has 4 aromatic carbocycles. The lowest BCUT2D eigenvalue weighted by molar-refractivity contribution is 0.452. The molecule has 4 rings (SSSR count). The second kappa shape index (κ2) is 10.0. The zero-order valence-corrected chi connectivity index (χ0v) is 18.9. The predicted octanol–water partition coefficient (Wildman–Crippen LogP) is 5.29. The second-order valence-electron chi connectivity index (χ2n) is 8.39. The van der Waals surface area contributed by atoms with Gasteiger partial charge in [0.15, 0.2) is 46.5 Å². The van der Waals surface area contributed by atoms with Crippen molar-refractivity contribution in [3.63, 3.8) is 0 Å². The molecular weight excluding hydrogens is 603 g/mol. The molecule has 0 saturated heterocycles. The van der Waals surface area contributed by atoms with E-state index in [-0.39, 0.29) is 0 Å².